The molecule has 3 aromatic rings. The van der Waals surface area contributed by atoms with Crippen molar-refractivity contribution in [2.45, 2.75) is 25.0 Å². The van der Waals surface area contributed by atoms with Crippen LogP contribution < -0.4 is 42.0 Å². The van der Waals surface area contributed by atoms with Crippen LogP contribution in [-0.4, -0.2) is 73.6 Å². The summed E-state index contributed by atoms with van der Waals surface area (Å²) in [6, 6.07) is 8.61. The van der Waals surface area contributed by atoms with Crippen LogP contribution in [0.2, 0.25) is 5.02 Å². The Hall–Kier alpha value is -2.79. The number of aromatic nitrogens is 3. The Kier molecular flexibility index (Phi) is 9.61. The van der Waals surface area contributed by atoms with Crippen LogP contribution in [0.15, 0.2) is 35.1 Å². The van der Waals surface area contributed by atoms with Crippen LogP contribution in [0.5, 0.6) is 23.0 Å². The van der Waals surface area contributed by atoms with E-state index in [1.165, 1.54) is 26.0 Å². The highest BCUT2D eigenvalue weighted by Crippen LogP contribution is 2.40. The van der Waals surface area contributed by atoms with Crippen molar-refractivity contribution >= 4 is 22.5 Å². The van der Waals surface area contributed by atoms with Gasteiger partial charge in [0.25, 0.3) is 0 Å². The second-order valence-electron chi connectivity index (χ2n) is 8.38. The number of β-amino-alcohol motifs (C(OH)–C–C–N with tert-alkyl or cyclic N) is 1. The van der Waals surface area contributed by atoms with Crippen molar-refractivity contribution in [3.05, 3.63) is 45.7 Å². The molecule has 1 aromatic heterocycles. The van der Waals surface area contributed by atoms with E-state index >= 15 is 0 Å². The summed E-state index contributed by atoms with van der Waals surface area (Å²) in [5.74, 6) is 1.83. The molecule has 12 heteroatoms. The van der Waals surface area contributed by atoms with Crippen molar-refractivity contribution in [3.8, 4) is 23.0 Å². The third-order valence-electron chi connectivity index (χ3n) is 6.17. The predicted octanol–water partition coefficient (Wildman–Crippen LogP) is -1.03. The average molecular weight is 541 g/mol. The van der Waals surface area contributed by atoms with Crippen molar-refractivity contribution in [1.82, 2.24) is 14.8 Å². The van der Waals surface area contributed by atoms with Crippen molar-refractivity contribution in [1.29, 1.82) is 0 Å². The molecule has 2 N–H and O–H groups in total. The summed E-state index contributed by atoms with van der Waals surface area (Å²) in [6.45, 7) is 2.13. The first-order valence-corrected chi connectivity index (χ1v) is 11.7. The molecule has 1 unspecified atom stereocenters. The highest BCUT2D eigenvalue weighted by Gasteiger charge is 2.30. The summed E-state index contributed by atoms with van der Waals surface area (Å²) in [6.07, 6.45) is 0.815. The molecule has 1 atom stereocenters. The van der Waals surface area contributed by atoms with Gasteiger partial charge < -0.3 is 41.4 Å². The number of aliphatic hydroxyl groups excluding tert-OH is 1. The molecule has 0 amide bonds. The van der Waals surface area contributed by atoms with Crippen molar-refractivity contribution in [2.75, 3.05) is 47.6 Å². The van der Waals surface area contributed by atoms with Gasteiger partial charge in [0.1, 0.15) is 29.9 Å². The maximum atomic E-state index is 13.3. The Morgan fingerprint density at radius 2 is 1.78 bits per heavy atom. The Morgan fingerprint density at radius 1 is 1.11 bits per heavy atom. The lowest BCUT2D eigenvalue weighted by Crippen LogP contribution is -3.00. The van der Waals surface area contributed by atoms with Gasteiger partial charge in [-0.1, -0.05) is 16.3 Å². The molecular formula is C24H30Cl2N4O6. The molecule has 1 saturated heterocycles. The SMILES string of the molecule is COc1cc2c(=O)n(C3CCN(CC(O)COc4ccc(Cl)cc4)CC3)n[nH+]c2c(OC)c1OC.[Cl-]. The normalized spacial score (nSPS) is 15.2. The van der Waals surface area contributed by atoms with E-state index in [-0.39, 0.29) is 30.6 Å². The summed E-state index contributed by atoms with van der Waals surface area (Å²) < 4.78 is 23.4. The van der Waals surface area contributed by atoms with Crippen LogP contribution >= 0.6 is 11.6 Å². The maximum Gasteiger partial charge on any atom is 0.365 e. The van der Waals surface area contributed by atoms with Gasteiger partial charge in [-0.15, -0.1) is 5.10 Å². The largest absolute Gasteiger partial charge is 1.00 e. The van der Waals surface area contributed by atoms with E-state index in [9.17, 15) is 9.90 Å². The molecule has 2 aromatic carbocycles. The maximum absolute atomic E-state index is 13.3. The first-order valence-electron chi connectivity index (χ1n) is 11.4. The highest BCUT2D eigenvalue weighted by molar-refractivity contribution is 6.30. The second kappa shape index (κ2) is 12.4. The summed E-state index contributed by atoms with van der Waals surface area (Å²) >= 11 is 5.88. The Bertz CT molecular complexity index is 1220. The zero-order chi connectivity index (χ0) is 24.9. The molecule has 0 aliphatic carbocycles. The molecule has 1 aliphatic heterocycles. The number of fused-ring (bicyclic) bond motifs is 1. The van der Waals surface area contributed by atoms with Gasteiger partial charge in [0.15, 0.2) is 5.75 Å². The molecule has 196 valence electrons. The number of aromatic amines is 1. The number of rotatable bonds is 9. The summed E-state index contributed by atoms with van der Waals surface area (Å²) in [4.78, 5) is 15.5. The highest BCUT2D eigenvalue weighted by atomic mass is 35.5. The molecule has 36 heavy (non-hydrogen) atoms. The summed E-state index contributed by atoms with van der Waals surface area (Å²) in [7, 11) is 4.52. The van der Waals surface area contributed by atoms with E-state index in [2.05, 4.69) is 15.2 Å². The standard InChI is InChI=1S/C24H29ClN4O6.ClH/c1-32-20-12-19-21(23(34-3)22(20)33-2)26-27-29(24(19)31)16-8-10-28(11-9-16)13-17(30)14-35-18-6-4-15(25)5-7-18;/h4-7,12,16-17,30H,8-11,13-14H2,1-3H3;1H. The van der Waals surface area contributed by atoms with Gasteiger partial charge in [-0.05, 0) is 24.3 Å². The Morgan fingerprint density at radius 3 is 2.39 bits per heavy atom. The topological polar surface area (TPSA) is 109 Å². The van der Waals surface area contributed by atoms with Gasteiger partial charge in [-0.3, -0.25) is 0 Å². The third-order valence-corrected chi connectivity index (χ3v) is 6.42. The van der Waals surface area contributed by atoms with E-state index in [0.717, 1.165) is 25.9 Å². The lowest BCUT2D eigenvalue weighted by Gasteiger charge is -2.31. The number of hydrogen-bond acceptors (Lipinski definition) is 8. The first-order chi connectivity index (χ1) is 16.9. The number of piperidine rings is 1. The number of ether oxygens (including phenoxy) is 4. The number of likely N-dealkylation sites (tertiary alicyclic amines) is 1. The number of halogens is 2. The van der Waals surface area contributed by atoms with Crippen molar-refractivity contribution in [2.24, 2.45) is 0 Å². The second-order valence-corrected chi connectivity index (χ2v) is 8.82. The number of hydrogen-bond donors (Lipinski definition) is 1. The molecule has 0 bridgehead atoms. The lowest BCUT2D eigenvalue weighted by atomic mass is 10.0. The van der Waals surface area contributed by atoms with Crippen LogP contribution in [0, 0.1) is 0 Å². The van der Waals surface area contributed by atoms with Crippen LogP contribution in [0.25, 0.3) is 10.9 Å². The fourth-order valence-electron chi connectivity index (χ4n) is 4.38. The minimum absolute atomic E-state index is 0. The van der Waals surface area contributed by atoms with E-state index in [1.54, 1.807) is 30.3 Å². The van der Waals surface area contributed by atoms with E-state index < -0.39 is 6.10 Å². The fraction of sp³-hybridized carbons (Fsp3) is 0.458. The smallest absolute Gasteiger partial charge is 0.365 e. The minimum atomic E-state index is -0.632. The van der Waals surface area contributed by atoms with E-state index in [0.29, 0.717) is 45.5 Å². The molecule has 0 radical (unpaired) electrons. The number of aliphatic hydroxyl groups is 1. The Balaban J connectivity index is 0.00000361. The lowest BCUT2D eigenvalue weighted by molar-refractivity contribution is -0.441. The number of benzene rings is 2. The number of H-pyrrole nitrogens is 1. The van der Waals surface area contributed by atoms with Gasteiger partial charge in [0.2, 0.25) is 17.0 Å². The van der Waals surface area contributed by atoms with Gasteiger partial charge in [0, 0.05) is 43.6 Å². The number of nitrogens with zero attached hydrogens (tertiary/aromatic N) is 3. The number of methoxy groups -OCH3 is 3. The monoisotopic (exact) mass is 540 g/mol. The average Bonchev–Trinajstić information content (AvgIpc) is 2.88. The zero-order valence-electron chi connectivity index (χ0n) is 20.4. The van der Waals surface area contributed by atoms with Gasteiger partial charge in [-0.2, -0.15) is 0 Å². The van der Waals surface area contributed by atoms with Crippen LogP contribution in [0.1, 0.15) is 18.9 Å². The quantitative estimate of drug-likeness (QED) is 0.367. The van der Waals surface area contributed by atoms with Crippen molar-refractivity contribution in [3.63, 3.8) is 0 Å². The summed E-state index contributed by atoms with van der Waals surface area (Å²) in [5.41, 5.74) is 0.223. The summed E-state index contributed by atoms with van der Waals surface area (Å²) in [5, 5.41) is 18.7. The number of nitrogens with one attached hydrogen (secondary N) is 1. The van der Waals surface area contributed by atoms with Crippen molar-refractivity contribution < 1.29 is 41.6 Å². The molecule has 0 spiro atoms. The minimum Gasteiger partial charge on any atom is -1.00 e. The molecule has 10 nitrogen and oxygen atoms in total. The van der Waals surface area contributed by atoms with Crippen LogP contribution in [0.3, 0.4) is 0 Å². The van der Waals surface area contributed by atoms with Gasteiger partial charge >= 0.3 is 5.56 Å². The predicted molar refractivity (Wildman–Crippen MR) is 130 cm³/mol. The molecular weight excluding hydrogens is 511 g/mol. The molecule has 1 fully saturated rings. The van der Waals surface area contributed by atoms with Gasteiger partial charge in [0.05, 0.1) is 26.5 Å². The van der Waals surface area contributed by atoms with E-state index in [4.69, 9.17) is 30.5 Å². The van der Waals surface area contributed by atoms with Crippen LogP contribution in [-0.2, 0) is 0 Å². The fourth-order valence-corrected chi connectivity index (χ4v) is 4.50. The molecule has 0 saturated carbocycles. The molecule has 2 heterocycles. The van der Waals surface area contributed by atoms with E-state index in [1.807, 2.05) is 0 Å². The third kappa shape index (κ3) is 5.95. The molecule has 4 rings (SSSR count). The van der Waals surface area contributed by atoms with Gasteiger partial charge in [-0.25, -0.2) is 4.79 Å². The van der Waals surface area contributed by atoms with Crippen LogP contribution in [0.4, 0.5) is 0 Å². The zero-order valence-corrected chi connectivity index (χ0v) is 21.9. The molecule has 1 aliphatic rings. The Labute approximate surface area is 220 Å². The first kappa shape index (κ1) is 27.8.